The predicted molar refractivity (Wildman–Crippen MR) is 132 cm³/mol. The van der Waals surface area contributed by atoms with Crippen LogP contribution >= 0.6 is 11.6 Å². The van der Waals surface area contributed by atoms with Crippen molar-refractivity contribution >= 4 is 29.1 Å². The summed E-state index contributed by atoms with van der Waals surface area (Å²) < 4.78 is 27.0. The van der Waals surface area contributed by atoms with E-state index < -0.39 is 17.5 Å². The number of nitrogens with two attached hydrogens (primary N) is 1. The molecule has 0 radical (unpaired) electrons. The fraction of sp³-hybridized carbons (Fsp3) is 0.259. The monoisotopic (exact) mass is 497 g/mol. The van der Waals surface area contributed by atoms with Gasteiger partial charge in [0.05, 0.1) is 0 Å². The van der Waals surface area contributed by atoms with Crippen molar-refractivity contribution in [1.82, 2.24) is 4.90 Å². The average molecular weight is 498 g/mol. The van der Waals surface area contributed by atoms with Crippen LogP contribution in [0.15, 0.2) is 66.7 Å². The van der Waals surface area contributed by atoms with Crippen molar-refractivity contribution in [3.63, 3.8) is 0 Å². The number of nitrogens with one attached hydrogen (secondary N) is 1. The third-order valence-corrected chi connectivity index (χ3v) is 6.60. The molecule has 1 aliphatic carbocycles. The van der Waals surface area contributed by atoms with Crippen molar-refractivity contribution in [3.05, 3.63) is 100 Å². The zero-order chi connectivity index (χ0) is 24.9. The maximum Gasteiger partial charge on any atom is 0.255 e. The highest BCUT2D eigenvalue weighted by molar-refractivity contribution is 6.31. The van der Waals surface area contributed by atoms with E-state index in [4.69, 9.17) is 17.3 Å². The first-order valence-electron chi connectivity index (χ1n) is 11.5. The van der Waals surface area contributed by atoms with Gasteiger partial charge in [0.15, 0.2) is 0 Å². The molecule has 1 saturated carbocycles. The summed E-state index contributed by atoms with van der Waals surface area (Å²) in [6, 6.07) is 16.7. The lowest BCUT2D eigenvalue weighted by Gasteiger charge is -2.36. The molecule has 8 heteroatoms. The van der Waals surface area contributed by atoms with Crippen LogP contribution in [0.1, 0.15) is 52.0 Å². The van der Waals surface area contributed by atoms with Crippen molar-refractivity contribution in [2.75, 3.05) is 5.32 Å². The van der Waals surface area contributed by atoms with Crippen LogP contribution in [0, 0.1) is 11.6 Å². The lowest BCUT2D eigenvalue weighted by Crippen LogP contribution is -2.43. The van der Waals surface area contributed by atoms with E-state index in [0.29, 0.717) is 27.9 Å². The molecule has 0 aliphatic heterocycles. The highest BCUT2D eigenvalue weighted by atomic mass is 35.5. The van der Waals surface area contributed by atoms with Gasteiger partial charge < -0.3 is 16.0 Å². The molecule has 3 N–H and O–H groups in total. The molecule has 0 aromatic heterocycles. The molecule has 3 aromatic rings. The molecule has 0 atom stereocenters. The molecule has 0 unspecified atom stereocenters. The van der Waals surface area contributed by atoms with E-state index in [9.17, 15) is 18.4 Å². The summed E-state index contributed by atoms with van der Waals surface area (Å²) in [5, 5.41) is 3.09. The molecule has 4 rings (SSSR count). The van der Waals surface area contributed by atoms with E-state index in [0.717, 1.165) is 37.8 Å². The number of hydrogen-bond donors (Lipinski definition) is 2. The molecule has 5 nitrogen and oxygen atoms in total. The Labute approximate surface area is 207 Å². The Morgan fingerprint density at radius 3 is 2.23 bits per heavy atom. The van der Waals surface area contributed by atoms with Crippen LogP contribution < -0.4 is 11.1 Å². The number of nitrogens with zero attached hydrogens (tertiary/aromatic N) is 1. The van der Waals surface area contributed by atoms with Gasteiger partial charge in [-0.2, -0.15) is 0 Å². The minimum atomic E-state index is -0.839. The summed E-state index contributed by atoms with van der Waals surface area (Å²) >= 11 is 6.48. The number of amides is 2. The summed E-state index contributed by atoms with van der Waals surface area (Å²) in [6.07, 6.45) is 3.24. The first-order chi connectivity index (χ1) is 16.8. The molecule has 3 aromatic carbocycles. The van der Waals surface area contributed by atoms with Crippen LogP contribution in [-0.2, 0) is 6.54 Å². The predicted octanol–water partition coefficient (Wildman–Crippen LogP) is 5.78. The van der Waals surface area contributed by atoms with E-state index in [1.807, 2.05) is 23.1 Å². The number of benzene rings is 3. The highest BCUT2D eigenvalue weighted by Gasteiger charge is 2.29. The normalized spacial score (nSPS) is 17.6. The maximum atomic E-state index is 13.5. The summed E-state index contributed by atoms with van der Waals surface area (Å²) in [7, 11) is 0. The van der Waals surface area contributed by atoms with E-state index in [1.165, 1.54) is 0 Å². The van der Waals surface area contributed by atoms with Gasteiger partial charge >= 0.3 is 0 Å². The fourth-order valence-corrected chi connectivity index (χ4v) is 4.55. The van der Waals surface area contributed by atoms with Crippen molar-refractivity contribution in [1.29, 1.82) is 0 Å². The third kappa shape index (κ3) is 6.24. The molecular weight excluding hydrogens is 472 g/mol. The van der Waals surface area contributed by atoms with E-state index in [2.05, 4.69) is 5.32 Å². The molecule has 182 valence electrons. The van der Waals surface area contributed by atoms with Gasteiger partial charge in [-0.15, -0.1) is 0 Å². The highest BCUT2D eigenvalue weighted by Crippen LogP contribution is 2.29. The van der Waals surface area contributed by atoms with Gasteiger partial charge in [0.1, 0.15) is 11.6 Å². The molecule has 1 aliphatic rings. The Balaban J connectivity index is 1.58. The van der Waals surface area contributed by atoms with Gasteiger partial charge in [-0.1, -0.05) is 29.8 Å². The van der Waals surface area contributed by atoms with Crippen molar-refractivity contribution in [2.24, 2.45) is 5.73 Å². The first-order valence-corrected chi connectivity index (χ1v) is 11.9. The average Bonchev–Trinajstić information content (AvgIpc) is 2.84. The van der Waals surface area contributed by atoms with Gasteiger partial charge in [0, 0.05) is 46.5 Å². The van der Waals surface area contributed by atoms with Gasteiger partial charge in [-0.05, 0) is 73.7 Å². The van der Waals surface area contributed by atoms with Gasteiger partial charge in [0.2, 0.25) is 0 Å². The van der Waals surface area contributed by atoms with Crippen LogP contribution in [0.3, 0.4) is 0 Å². The van der Waals surface area contributed by atoms with E-state index in [1.54, 1.807) is 30.3 Å². The summed E-state index contributed by atoms with van der Waals surface area (Å²) in [5.74, 6) is -2.44. The second kappa shape index (κ2) is 11.0. The molecule has 1 fully saturated rings. The fourth-order valence-electron chi connectivity index (χ4n) is 4.37. The summed E-state index contributed by atoms with van der Waals surface area (Å²) in [5.41, 5.74) is 7.57. The van der Waals surface area contributed by atoms with Crippen LogP contribution in [0.5, 0.6) is 0 Å². The largest absolute Gasteiger partial charge is 0.331 e. The molecule has 0 spiro atoms. The van der Waals surface area contributed by atoms with Crippen molar-refractivity contribution in [2.45, 2.75) is 44.3 Å². The third-order valence-electron chi connectivity index (χ3n) is 6.23. The number of rotatable bonds is 6. The quantitative estimate of drug-likeness (QED) is 0.453. The Hall–Kier alpha value is -3.29. The van der Waals surface area contributed by atoms with Crippen LogP contribution in [0.25, 0.3) is 0 Å². The molecule has 2 amide bonds. The topological polar surface area (TPSA) is 75.4 Å². The molecule has 0 heterocycles. The van der Waals surface area contributed by atoms with Crippen molar-refractivity contribution < 1.29 is 18.4 Å². The first kappa shape index (κ1) is 24.8. The Kier molecular flexibility index (Phi) is 7.78. The minimum absolute atomic E-state index is 0.00656. The van der Waals surface area contributed by atoms with Gasteiger partial charge in [-0.3, -0.25) is 9.59 Å². The number of carbonyl (C=O) groups excluding carboxylic acids is 2. The zero-order valence-corrected chi connectivity index (χ0v) is 19.8. The number of carbonyl (C=O) groups is 2. The molecule has 35 heavy (non-hydrogen) atoms. The van der Waals surface area contributed by atoms with Crippen LogP contribution in [-0.4, -0.2) is 28.8 Å². The summed E-state index contributed by atoms with van der Waals surface area (Å²) in [4.78, 5) is 27.8. The molecule has 0 saturated heterocycles. The zero-order valence-electron chi connectivity index (χ0n) is 19.0. The smallest absolute Gasteiger partial charge is 0.255 e. The lowest BCUT2D eigenvalue weighted by atomic mass is 9.90. The summed E-state index contributed by atoms with van der Waals surface area (Å²) in [6.45, 7) is 0.241. The maximum absolute atomic E-state index is 13.5. The van der Waals surface area contributed by atoms with Gasteiger partial charge in [-0.25, -0.2) is 8.78 Å². The standard InChI is InChI=1S/C27H26ClF2N3O2/c28-25-11-8-23(32-26(34)18-12-20(29)15-21(30)13-18)14-19(25)16-33(24-9-6-22(31)7-10-24)27(35)17-4-2-1-3-5-17/h1-5,8,11-15,22,24H,6-7,9-10,16,31H2,(H,32,34). The minimum Gasteiger partial charge on any atom is -0.331 e. The van der Waals surface area contributed by atoms with Crippen molar-refractivity contribution in [3.8, 4) is 0 Å². The Morgan fingerprint density at radius 2 is 1.57 bits per heavy atom. The lowest BCUT2D eigenvalue weighted by molar-refractivity contribution is 0.0606. The Morgan fingerprint density at radius 1 is 0.914 bits per heavy atom. The van der Waals surface area contributed by atoms with Crippen LogP contribution in [0.4, 0.5) is 14.5 Å². The number of anilines is 1. The Bertz CT molecular complexity index is 1190. The van der Waals surface area contributed by atoms with Crippen LogP contribution in [0.2, 0.25) is 5.02 Å². The van der Waals surface area contributed by atoms with Gasteiger partial charge in [0.25, 0.3) is 11.8 Å². The molecule has 0 bridgehead atoms. The number of hydrogen-bond acceptors (Lipinski definition) is 3. The van der Waals surface area contributed by atoms with E-state index >= 15 is 0 Å². The second-order valence-corrected chi connectivity index (χ2v) is 9.19. The molecular formula is C27H26ClF2N3O2. The van der Waals surface area contributed by atoms with E-state index in [-0.39, 0.29) is 30.1 Å². The SMILES string of the molecule is NC1CCC(N(Cc2cc(NC(=O)c3cc(F)cc(F)c3)ccc2Cl)C(=O)c2ccccc2)CC1. The second-order valence-electron chi connectivity index (χ2n) is 8.79. The number of halogens is 3.